The third-order valence-electron chi connectivity index (χ3n) is 4.36. The predicted octanol–water partition coefficient (Wildman–Crippen LogP) is 2.95. The molecule has 1 aliphatic rings. The first-order valence-corrected chi connectivity index (χ1v) is 10.5. The Morgan fingerprint density at radius 1 is 1.37 bits per heavy atom. The molecule has 0 saturated carbocycles. The molecule has 140 valence electrons. The van der Waals surface area contributed by atoms with Gasteiger partial charge in [0.1, 0.15) is 10.8 Å². The molecule has 4 rings (SSSR count). The van der Waals surface area contributed by atoms with Gasteiger partial charge in [-0.2, -0.15) is 4.98 Å². The summed E-state index contributed by atoms with van der Waals surface area (Å²) in [4.78, 5) is 33.1. The molecule has 27 heavy (non-hydrogen) atoms. The number of carbonyl (C=O) groups is 1. The highest BCUT2D eigenvalue weighted by Gasteiger charge is 2.21. The van der Waals surface area contributed by atoms with Gasteiger partial charge in [0.25, 0.3) is 0 Å². The molecule has 0 fully saturated rings. The summed E-state index contributed by atoms with van der Waals surface area (Å²) in [6.45, 7) is 0.386. The second-order valence-corrected chi connectivity index (χ2v) is 8.03. The minimum absolute atomic E-state index is 0.152. The predicted molar refractivity (Wildman–Crippen MR) is 104 cm³/mol. The lowest BCUT2D eigenvalue weighted by molar-refractivity contribution is -0.113. The first kappa shape index (κ1) is 18.0. The molecule has 3 aromatic rings. The third-order valence-corrected chi connectivity index (χ3v) is 6.07. The van der Waals surface area contributed by atoms with Gasteiger partial charge in [0.2, 0.25) is 5.91 Å². The monoisotopic (exact) mass is 402 g/mol. The molecular formula is C18H18N4O3S2. The quantitative estimate of drug-likeness (QED) is 0.504. The van der Waals surface area contributed by atoms with Gasteiger partial charge in [-0.1, -0.05) is 11.8 Å². The fourth-order valence-corrected chi connectivity index (χ4v) is 4.58. The zero-order chi connectivity index (χ0) is 18.6. The summed E-state index contributed by atoms with van der Waals surface area (Å²) >= 11 is 2.68. The number of nitrogens with zero attached hydrogens (tertiary/aromatic N) is 3. The molecule has 3 heterocycles. The van der Waals surface area contributed by atoms with Gasteiger partial charge in [-0.15, -0.1) is 11.3 Å². The molecule has 0 radical (unpaired) electrons. The number of thiazole rings is 1. The molecule has 7 nitrogen and oxygen atoms in total. The van der Waals surface area contributed by atoms with Crippen molar-refractivity contribution in [1.29, 1.82) is 0 Å². The average Bonchev–Trinajstić information content (AvgIpc) is 3.36. The van der Waals surface area contributed by atoms with Crippen LogP contribution in [-0.4, -0.2) is 26.2 Å². The highest BCUT2D eigenvalue weighted by molar-refractivity contribution is 8.00. The van der Waals surface area contributed by atoms with Crippen molar-refractivity contribution in [3.05, 3.63) is 57.5 Å². The Hall–Kier alpha value is -2.39. The first-order valence-electron chi connectivity index (χ1n) is 8.68. The number of carbonyl (C=O) groups excluding carboxylic acids is 1. The van der Waals surface area contributed by atoms with E-state index in [0.717, 1.165) is 42.7 Å². The second kappa shape index (κ2) is 8.10. The highest BCUT2D eigenvalue weighted by atomic mass is 32.2. The van der Waals surface area contributed by atoms with Gasteiger partial charge in [0, 0.05) is 22.8 Å². The number of fused-ring (bicyclic) bond motifs is 1. The van der Waals surface area contributed by atoms with Gasteiger partial charge in [-0.25, -0.2) is 9.78 Å². The van der Waals surface area contributed by atoms with Crippen molar-refractivity contribution in [2.24, 2.45) is 0 Å². The minimum atomic E-state index is -0.296. The van der Waals surface area contributed by atoms with E-state index in [0.29, 0.717) is 16.7 Å². The number of aromatic nitrogens is 3. The van der Waals surface area contributed by atoms with E-state index < -0.39 is 0 Å². The Morgan fingerprint density at radius 2 is 2.26 bits per heavy atom. The normalized spacial score (nSPS) is 13.3. The average molecular weight is 403 g/mol. The summed E-state index contributed by atoms with van der Waals surface area (Å²) in [7, 11) is 0. The lowest BCUT2D eigenvalue weighted by atomic mass is 9.97. The van der Waals surface area contributed by atoms with E-state index in [-0.39, 0.29) is 17.3 Å². The highest BCUT2D eigenvalue weighted by Crippen LogP contribution is 2.29. The lowest BCUT2D eigenvalue weighted by Gasteiger charge is -2.22. The molecule has 1 N–H and O–H groups in total. The molecule has 0 atom stereocenters. The maximum Gasteiger partial charge on any atom is 0.349 e. The fourth-order valence-electron chi connectivity index (χ4n) is 3.16. The first-order chi connectivity index (χ1) is 13.2. The van der Waals surface area contributed by atoms with Gasteiger partial charge in [-0.3, -0.25) is 9.36 Å². The Labute approximate surface area is 163 Å². The smallest absolute Gasteiger partial charge is 0.349 e. The van der Waals surface area contributed by atoms with Crippen LogP contribution in [0.1, 0.15) is 29.9 Å². The molecule has 0 bridgehead atoms. The second-order valence-electron chi connectivity index (χ2n) is 6.17. The van der Waals surface area contributed by atoms with Crippen molar-refractivity contribution in [1.82, 2.24) is 14.5 Å². The summed E-state index contributed by atoms with van der Waals surface area (Å²) in [6, 6.07) is 3.67. The largest absolute Gasteiger partial charge is 0.467 e. The molecular weight excluding hydrogens is 384 g/mol. The van der Waals surface area contributed by atoms with E-state index in [1.54, 1.807) is 22.4 Å². The zero-order valence-corrected chi connectivity index (χ0v) is 16.1. The number of furan rings is 1. The van der Waals surface area contributed by atoms with E-state index in [1.807, 2.05) is 12.1 Å². The number of thioether (sulfide) groups is 1. The van der Waals surface area contributed by atoms with E-state index >= 15 is 0 Å². The van der Waals surface area contributed by atoms with E-state index in [9.17, 15) is 9.59 Å². The Balaban J connectivity index is 1.55. The zero-order valence-electron chi connectivity index (χ0n) is 14.5. The number of hydrogen-bond donors (Lipinski definition) is 1. The molecule has 9 heteroatoms. The van der Waals surface area contributed by atoms with Crippen molar-refractivity contribution in [2.45, 2.75) is 37.3 Å². The lowest BCUT2D eigenvalue weighted by Crippen LogP contribution is -2.30. The molecule has 3 aromatic heterocycles. The summed E-state index contributed by atoms with van der Waals surface area (Å²) in [5.74, 6) is 0.775. The van der Waals surface area contributed by atoms with Crippen molar-refractivity contribution < 1.29 is 9.21 Å². The standard InChI is InChI=1S/C18H18N4O3S2/c23-15(20-17-19-7-9-26-17)11-27-16-13-5-1-2-6-14(13)22(18(24)21-16)10-12-4-3-8-25-12/h3-4,7-9H,1-2,5-6,10-11H2,(H,19,20,23). The van der Waals surface area contributed by atoms with Crippen LogP contribution in [0.4, 0.5) is 5.13 Å². The van der Waals surface area contributed by atoms with Crippen LogP contribution in [0.15, 0.2) is 44.2 Å². The molecule has 0 saturated heterocycles. The van der Waals surface area contributed by atoms with Crippen LogP contribution in [-0.2, 0) is 24.2 Å². The van der Waals surface area contributed by atoms with Crippen LogP contribution in [0, 0.1) is 0 Å². The minimum Gasteiger partial charge on any atom is -0.467 e. The summed E-state index contributed by atoms with van der Waals surface area (Å²) in [5, 5.41) is 5.80. The van der Waals surface area contributed by atoms with E-state index in [4.69, 9.17) is 4.42 Å². The summed E-state index contributed by atoms with van der Waals surface area (Å²) in [5.41, 5.74) is 1.80. The summed E-state index contributed by atoms with van der Waals surface area (Å²) in [6.07, 6.45) is 7.06. The SMILES string of the molecule is O=C(CSc1nc(=O)n(Cc2ccco2)c2c1CCCC2)Nc1nccs1. The van der Waals surface area contributed by atoms with Gasteiger partial charge < -0.3 is 9.73 Å². The molecule has 0 spiro atoms. The van der Waals surface area contributed by atoms with Crippen molar-refractivity contribution in [3.63, 3.8) is 0 Å². The number of amides is 1. The van der Waals surface area contributed by atoms with E-state index in [2.05, 4.69) is 15.3 Å². The maximum absolute atomic E-state index is 12.6. The van der Waals surface area contributed by atoms with Gasteiger partial charge in [-0.05, 0) is 37.8 Å². The van der Waals surface area contributed by atoms with Crippen LogP contribution in [0.5, 0.6) is 0 Å². The number of nitrogens with one attached hydrogen (secondary N) is 1. The fraction of sp³-hybridized carbons (Fsp3) is 0.333. The van der Waals surface area contributed by atoms with Gasteiger partial charge in [0.05, 0.1) is 18.6 Å². The topological polar surface area (TPSA) is 90.0 Å². The molecule has 0 aliphatic heterocycles. The molecule has 1 aliphatic carbocycles. The number of rotatable bonds is 6. The Bertz CT molecular complexity index is 981. The number of anilines is 1. The van der Waals surface area contributed by atoms with E-state index in [1.165, 1.54) is 23.1 Å². The number of hydrogen-bond acceptors (Lipinski definition) is 7. The van der Waals surface area contributed by atoms with Crippen molar-refractivity contribution in [3.8, 4) is 0 Å². The van der Waals surface area contributed by atoms with Crippen molar-refractivity contribution in [2.75, 3.05) is 11.1 Å². The van der Waals surface area contributed by atoms with Crippen LogP contribution in [0.2, 0.25) is 0 Å². The molecule has 0 unspecified atom stereocenters. The van der Waals surface area contributed by atoms with Crippen LogP contribution in [0.3, 0.4) is 0 Å². The van der Waals surface area contributed by atoms with Gasteiger partial charge >= 0.3 is 5.69 Å². The maximum atomic E-state index is 12.6. The van der Waals surface area contributed by atoms with Crippen LogP contribution < -0.4 is 11.0 Å². The Kier molecular flexibility index (Phi) is 5.40. The molecule has 1 amide bonds. The van der Waals surface area contributed by atoms with Crippen LogP contribution in [0.25, 0.3) is 0 Å². The molecule has 0 aromatic carbocycles. The van der Waals surface area contributed by atoms with Crippen molar-refractivity contribution >= 4 is 34.1 Å². The van der Waals surface area contributed by atoms with Crippen LogP contribution >= 0.6 is 23.1 Å². The van der Waals surface area contributed by atoms with Gasteiger partial charge in [0.15, 0.2) is 5.13 Å². The Morgan fingerprint density at radius 3 is 3.04 bits per heavy atom. The summed E-state index contributed by atoms with van der Waals surface area (Å²) < 4.78 is 7.09. The third kappa shape index (κ3) is 4.14.